The second-order valence-corrected chi connectivity index (χ2v) is 5.47. The fourth-order valence-corrected chi connectivity index (χ4v) is 2.59. The molecular formula is C16H19N5O4. The molecule has 0 fully saturated rings. The monoisotopic (exact) mass is 345 g/mol. The molecule has 25 heavy (non-hydrogen) atoms. The Labute approximate surface area is 144 Å². The highest BCUT2D eigenvalue weighted by Gasteiger charge is 2.34. The minimum atomic E-state index is -0.723. The topological polar surface area (TPSA) is 107 Å². The lowest BCUT2D eigenvalue weighted by Gasteiger charge is -2.13. The Morgan fingerprint density at radius 3 is 2.84 bits per heavy atom. The molecule has 1 aliphatic rings. The summed E-state index contributed by atoms with van der Waals surface area (Å²) < 4.78 is 11.9. The van der Waals surface area contributed by atoms with Gasteiger partial charge in [-0.15, -0.1) is 0 Å². The summed E-state index contributed by atoms with van der Waals surface area (Å²) >= 11 is 0. The first-order chi connectivity index (χ1) is 12.0. The Morgan fingerprint density at radius 1 is 1.36 bits per heavy atom. The molecule has 0 saturated heterocycles. The number of amides is 2. The van der Waals surface area contributed by atoms with Gasteiger partial charge >= 0.3 is 0 Å². The third-order valence-corrected chi connectivity index (χ3v) is 3.88. The number of nitrogens with zero attached hydrogens (tertiary/aromatic N) is 3. The number of carbonyl (C=O) groups is 2. The van der Waals surface area contributed by atoms with Crippen molar-refractivity contribution in [1.82, 2.24) is 14.8 Å². The minimum Gasteiger partial charge on any atom is -0.497 e. The second kappa shape index (κ2) is 6.80. The summed E-state index contributed by atoms with van der Waals surface area (Å²) in [5.74, 6) is 1.44. The van der Waals surface area contributed by atoms with Gasteiger partial charge in [0.1, 0.15) is 17.5 Å². The summed E-state index contributed by atoms with van der Waals surface area (Å²) in [4.78, 5) is 28.7. The third kappa shape index (κ3) is 3.25. The molecule has 9 heteroatoms. The van der Waals surface area contributed by atoms with E-state index in [1.54, 1.807) is 18.2 Å². The first-order valence-corrected chi connectivity index (χ1v) is 7.83. The first-order valence-electron chi connectivity index (χ1n) is 7.83. The third-order valence-electron chi connectivity index (χ3n) is 3.88. The molecule has 2 aromatic rings. The van der Waals surface area contributed by atoms with Crippen molar-refractivity contribution >= 4 is 23.5 Å². The molecule has 0 radical (unpaired) electrons. The van der Waals surface area contributed by atoms with Crippen LogP contribution in [0.1, 0.15) is 25.2 Å². The zero-order valence-electron chi connectivity index (χ0n) is 14.2. The molecule has 1 atom stereocenters. The molecule has 0 spiro atoms. The van der Waals surface area contributed by atoms with E-state index in [2.05, 4.69) is 20.7 Å². The van der Waals surface area contributed by atoms with Crippen LogP contribution in [0.4, 0.5) is 11.6 Å². The summed E-state index contributed by atoms with van der Waals surface area (Å²) in [6.45, 7) is 1.92. The number of aromatic nitrogens is 3. The van der Waals surface area contributed by atoms with E-state index in [1.807, 2.05) is 6.92 Å². The molecule has 2 amide bonds. The zero-order valence-corrected chi connectivity index (χ0v) is 14.2. The summed E-state index contributed by atoms with van der Waals surface area (Å²) in [6.07, 6.45) is 0.585. The van der Waals surface area contributed by atoms with Gasteiger partial charge in [-0.2, -0.15) is 10.1 Å². The van der Waals surface area contributed by atoms with Crippen LogP contribution in [0.25, 0.3) is 0 Å². The van der Waals surface area contributed by atoms with Crippen LogP contribution in [0.2, 0.25) is 0 Å². The molecule has 2 N–H and O–H groups in total. The average molecular weight is 345 g/mol. The van der Waals surface area contributed by atoms with Crippen LogP contribution in [-0.4, -0.2) is 40.8 Å². The van der Waals surface area contributed by atoms with Gasteiger partial charge in [-0.1, -0.05) is 6.92 Å². The van der Waals surface area contributed by atoms with E-state index >= 15 is 0 Å². The number of methoxy groups -OCH3 is 2. The van der Waals surface area contributed by atoms with E-state index in [1.165, 1.54) is 18.9 Å². The van der Waals surface area contributed by atoms with Crippen LogP contribution in [-0.2, 0) is 16.0 Å². The van der Waals surface area contributed by atoms with Crippen molar-refractivity contribution in [1.29, 1.82) is 0 Å². The van der Waals surface area contributed by atoms with Crippen LogP contribution >= 0.6 is 0 Å². The molecular weight excluding hydrogens is 326 g/mol. The molecule has 0 aliphatic carbocycles. The fourth-order valence-electron chi connectivity index (χ4n) is 2.59. The predicted octanol–water partition coefficient (Wildman–Crippen LogP) is 1.38. The summed E-state index contributed by atoms with van der Waals surface area (Å²) in [6, 6.07) is 4.35. The van der Waals surface area contributed by atoms with Crippen molar-refractivity contribution in [2.75, 3.05) is 24.9 Å². The standard InChI is InChI=1S/C16H19N5O4/c1-4-13-18-16-19-15(23)11(21(16)20-13)8-14(22)17-10-7-9(24-2)5-6-12(10)25-3/h5-7,11H,4,8H2,1-3H3,(H,17,22)(H,18,19,20,23)/t11-/m0/s1. The van der Waals surface area contributed by atoms with Gasteiger partial charge in [-0.25, -0.2) is 4.68 Å². The Bertz CT molecular complexity index is 817. The highest BCUT2D eigenvalue weighted by atomic mass is 16.5. The van der Waals surface area contributed by atoms with Gasteiger partial charge in [0.2, 0.25) is 11.9 Å². The van der Waals surface area contributed by atoms with Crippen LogP contribution in [0.5, 0.6) is 11.5 Å². The average Bonchev–Trinajstić information content (AvgIpc) is 3.13. The molecule has 1 aromatic heterocycles. The summed E-state index contributed by atoms with van der Waals surface area (Å²) in [5, 5.41) is 9.65. The lowest BCUT2D eigenvalue weighted by Crippen LogP contribution is -2.24. The Kier molecular flexibility index (Phi) is 4.55. The Balaban J connectivity index is 1.75. The van der Waals surface area contributed by atoms with E-state index in [4.69, 9.17) is 9.47 Å². The maximum atomic E-state index is 12.4. The normalized spacial score (nSPS) is 15.5. The van der Waals surface area contributed by atoms with E-state index in [-0.39, 0.29) is 18.2 Å². The van der Waals surface area contributed by atoms with Gasteiger partial charge in [0.15, 0.2) is 5.82 Å². The molecule has 0 saturated carbocycles. The number of rotatable bonds is 6. The van der Waals surface area contributed by atoms with Crippen molar-refractivity contribution in [3.05, 3.63) is 24.0 Å². The molecule has 1 aliphatic heterocycles. The first kappa shape index (κ1) is 16.7. The summed E-state index contributed by atoms with van der Waals surface area (Å²) in [7, 11) is 3.05. The maximum absolute atomic E-state index is 12.4. The number of anilines is 2. The van der Waals surface area contributed by atoms with Crippen molar-refractivity contribution in [2.24, 2.45) is 0 Å². The van der Waals surface area contributed by atoms with Crippen LogP contribution in [0.15, 0.2) is 18.2 Å². The van der Waals surface area contributed by atoms with Crippen LogP contribution in [0.3, 0.4) is 0 Å². The van der Waals surface area contributed by atoms with Gasteiger partial charge < -0.3 is 14.8 Å². The lowest BCUT2D eigenvalue weighted by atomic mass is 10.2. The van der Waals surface area contributed by atoms with E-state index in [0.29, 0.717) is 35.4 Å². The molecule has 9 nitrogen and oxygen atoms in total. The van der Waals surface area contributed by atoms with Gasteiger partial charge in [-0.05, 0) is 12.1 Å². The maximum Gasteiger partial charge on any atom is 0.252 e. The molecule has 3 rings (SSSR count). The summed E-state index contributed by atoms with van der Waals surface area (Å²) in [5.41, 5.74) is 0.471. The van der Waals surface area contributed by atoms with Crippen molar-refractivity contribution in [3.8, 4) is 11.5 Å². The van der Waals surface area contributed by atoms with Gasteiger partial charge in [-0.3, -0.25) is 14.9 Å². The Hall–Kier alpha value is -3.10. The SMILES string of the molecule is CCc1nc2n(n1)[C@@H](CC(=O)Nc1cc(OC)ccc1OC)C(=O)N2. The highest BCUT2D eigenvalue weighted by molar-refractivity contribution is 6.01. The minimum absolute atomic E-state index is 0.0638. The van der Waals surface area contributed by atoms with Crippen LogP contribution in [0, 0.1) is 0 Å². The van der Waals surface area contributed by atoms with E-state index in [9.17, 15) is 9.59 Å². The number of hydrogen-bond donors (Lipinski definition) is 2. The van der Waals surface area contributed by atoms with Gasteiger partial charge in [0.05, 0.1) is 26.3 Å². The number of aryl methyl sites for hydroxylation is 1. The number of benzene rings is 1. The predicted molar refractivity (Wildman–Crippen MR) is 89.9 cm³/mol. The number of nitrogens with one attached hydrogen (secondary N) is 2. The molecule has 0 bridgehead atoms. The van der Waals surface area contributed by atoms with Crippen LogP contribution < -0.4 is 20.1 Å². The van der Waals surface area contributed by atoms with Crippen molar-refractivity contribution in [2.45, 2.75) is 25.8 Å². The number of ether oxygens (including phenoxy) is 2. The lowest BCUT2D eigenvalue weighted by molar-refractivity contribution is -0.123. The van der Waals surface area contributed by atoms with Gasteiger partial charge in [0.25, 0.3) is 5.91 Å². The molecule has 132 valence electrons. The van der Waals surface area contributed by atoms with Gasteiger partial charge in [0, 0.05) is 12.5 Å². The second-order valence-electron chi connectivity index (χ2n) is 5.47. The molecule has 0 unspecified atom stereocenters. The van der Waals surface area contributed by atoms with E-state index in [0.717, 1.165) is 0 Å². The zero-order chi connectivity index (χ0) is 18.0. The quantitative estimate of drug-likeness (QED) is 0.819. The van der Waals surface area contributed by atoms with Crippen molar-refractivity contribution < 1.29 is 19.1 Å². The molecule has 2 heterocycles. The number of fused-ring (bicyclic) bond motifs is 1. The smallest absolute Gasteiger partial charge is 0.252 e. The highest BCUT2D eigenvalue weighted by Crippen LogP contribution is 2.30. The number of hydrogen-bond acceptors (Lipinski definition) is 6. The van der Waals surface area contributed by atoms with Crippen molar-refractivity contribution in [3.63, 3.8) is 0 Å². The van der Waals surface area contributed by atoms with E-state index < -0.39 is 6.04 Å². The largest absolute Gasteiger partial charge is 0.497 e. The molecule has 1 aromatic carbocycles. The number of carbonyl (C=O) groups excluding carboxylic acids is 2. The Morgan fingerprint density at radius 2 is 2.16 bits per heavy atom. The fraction of sp³-hybridized carbons (Fsp3) is 0.375.